The molecule has 160 valence electrons. The molecule has 0 aliphatic heterocycles. The van der Waals surface area contributed by atoms with E-state index in [1.807, 2.05) is 30.3 Å². The number of rotatable bonds is 5. The molecule has 0 aliphatic carbocycles. The van der Waals surface area contributed by atoms with Crippen molar-refractivity contribution in [2.45, 2.75) is 13.5 Å². The van der Waals surface area contributed by atoms with Gasteiger partial charge in [0.1, 0.15) is 22.9 Å². The van der Waals surface area contributed by atoms with E-state index in [-0.39, 0.29) is 12.1 Å². The number of aromatic nitrogens is 2. The minimum atomic E-state index is -0.937. The van der Waals surface area contributed by atoms with Crippen LogP contribution in [-0.2, 0) is 6.54 Å². The Kier molecular flexibility index (Phi) is 5.89. The van der Waals surface area contributed by atoms with Crippen LogP contribution in [-0.4, -0.2) is 15.7 Å². The van der Waals surface area contributed by atoms with Gasteiger partial charge in [0.05, 0.1) is 5.69 Å². The standard InChI is InChI=1S/C25H19F2N3O2/c1-2-30-25(32)21(24(31)28-23-18(26)14-9-15-19(23)27)20(16-10-5-3-6-11-16)22(29-30)17-12-7-4-8-13-17/h3-15H,2H2,1H3,(H,28,31). The first-order valence-corrected chi connectivity index (χ1v) is 10.0. The van der Waals surface area contributed by atoms with E-state index in [9.17, 15) is 18.4 Å². The predicted octanol–water partition coefficient (Wildman–Crippen LogP) is 5.13. The first-order valence-electron chi connectivity index (χ1n) is 10.0. The van der Waals surface area contributed by atoms with Crippen LogP contribution >= 0.6 is 0 Å². The van der Waals surface area contributed by atoms with Gasteiger partial charge in [-0.2, -0.15) is 5.10 Å². The van der Waals surface area contributed by atoms with Gasteiger partial charge in [-0.05, 0) is 24.6 Å². The second-order valence-electron chi connectivity index (χ2n) is 7.00. The Morgan fingerprint density at radius 2 is 1.44 bits per heavy atom. The second-order valence-corrected chi connectivity index (χ2v) is 7.00. The van der Waals surface area contributed by atoms with E-state index in [0.717, 1.165) is 12.1 Å². The lowest BCUT2D eigenvalue weighted by molar-refractivity contribution is 0.102. The van der Waals surface area contributed by atoms with Crippen molar-refractivity contribution >= 4 is 11.6 Å². The third kappa shape index (κ3) is 3.92. The fourth-order valence-electron chi connectivity index (χ4n) is 3.47. The summed E-state index contributed by atoms with van der Waals surface area (Å²) >= 11 is 0. The summed E-state index contributed by atoms with van der Waals surface area (Å²) in [5.41, 5.74) is 0.475. The van der Waals surface area contributed by atoms with Crippen molar-refractivity contribution in [3.8, 4) is 22.4 Å². The molecule has 32 heavy (non-hydrogen) atoms. The van der Waals surface area contributed by atoms with Gasteiger partial charge in [-0.25, -0.2) is 13.5 Å². The Hall–Kier alpha value is -4.13. The maximum Gasteiger partial charge on any atom is 0.280 e. The molecular weight excluding hydrogens is 412 g/mol. The average Bonchev–Trinajstić information content (AvgIpc) is 2.82. The number of anilines is 1. The van der Waals surface area contributed by atoms with Crippen LogP contribution in [0.4, 0.5) is 14.5 Å². The number of hydrogen-bond acceptors (Lipinski definition) is 3. The molecule has 7 heteroatoms. The van der Waals surface area contributed by atoms with Crippen LogP contribution < -0.4 is 10.9 Å². The fraction of sp³-hybridized carbons (Fsp3) is 0.0800. The molecule has 4 aromatic rings. The minimum Gasteiger partial charge on any atom is -0.317 e. The number of carbonyl (C=O) groups is 1. The van der Waals surface area contributed by atoms with Gasteiger partial charge in [0.2, 0.25) is 0 Å². The zero-order chi connectivity index (χ0) is 22.7. The van der Waals surface area contributed by atoms with E-state index in [4.69, 9.17) is 0 Å². The van der Waals surface area contributed by atoms with Gasteiger partial charge in [-0.3, -0.25) is 9.59 Å². The van der Waals surface area contributed by atoms with E-state index in [1.54, 1.807) is 37.3 Å². The second kappa shape index (κ2) is 8.93. The molecule has 1 amide bonds. The van der Waals surface area contributed by atoms with Crippen LogP contribution in [0.3, 0.4) is 0 Å². The third-order valence-corrected chi connectivity index (χ3v) is 4.99. The molecule has 1 heterocycles. The van der Waals surface area contributed by atoms with E-state index in [2.05, 4.69) is 10.4 Å². The number of amides is 1. The summed E-state index contributed by atoms with van der Waals surface area (Å²) in [5.74, 6) is -2.79. The third-order valence-electron chi connectivity index (χ3n) is 4.99. The van der Waals surface area contributed by atoms with Gasteiger partial charge < -0.3 is 5.32 Å². The summed E-state index contributed by atoms with van der Waals surface area (Å²) < 4.78 is 29.5. The van der Waals surface area contributed by atoms with Gasteiger partial charge in [-0.15, -0.1) is 0 Å². The fourth-order valence-corrected chi connectivity index (χ4v) is 3.47. The number of nitrogens with zero attached hydrogens (tertiary/aromatic N) is 2. The van der Waals surface area contributed by atoms with Crippen molar-refractivity contribution in [2.24, 2.45) is 0 Å². The van der Waals surface area contributed by atoms with Crippen LogP contribution in [0.25, 0.3) is 22.4 Å². The summed E-state index contributed by atoms with van der Waals surface area (Å²) in [6.45, 7) is 1.94. The maximum atomic E-state index is 14.2. The van der Waals surface area contributed by atoms with Crippen molar-refractivity contribution < 1.29 is 13.6 Å². The van der Waals surface area contributed by atoms with E-state index >= 15 is 0 Å². The van der Waals surface area contributed by atoms with Crippen LogP contribution in [0.2, 0.25) is 0 Å². The lowest BCUT2D eigenvalue weighted by Crippen LogP contribution is -2.32. The number of halogens is 2. The summed E-state index contributed by atoms with van der Waals surface area (Å²) in [4.78, 5) is 26.5. The summed E-state index contributed by atoms with van der Waals surface area (Å²) in [6, 6.07) is 21.2. The average molecular weight is 431 g/mol. The molecule has 0 spiro atoms. The number of hydrogen-bond donors (Lipinski definition) is 1. The molecule has 0 saturated carbocycles. The quantitative estimate of drug-likeness (QED) is 0.477. The minimum absolute atomic E-state index is 0.210. The molecule has 0 aliphatic rings. The van der Waals surface area contributed by atoms with Crippen molar-refractivity contribution in [2.75, 3.05) is 5.32 Å². The van der Waals surface area contributed by atoms with Crippen molar-refractivity contribution in [3.05, 3.63) is 106 Å². The number of aryl methyl sites for hydroxylation is 1. The highest BCUT2D eigenvalue weighted by atomic mass is 19.1. The highest BCUT2D eigenvalue weighted by Crippen LogP contribution is 2.32. The van der Waals surface area contributed by atoms with E-state index in [1.165, 1.54) is 10.7 Å². The maximum absolute atomic E-state index is 14.2. The van der Waals surface area contributed by atoms with Crippen molar-refractivity contribution in [3.63, 3.8) is 0 Å². The molecule has 0 unspecified atom stereocenters. The van der Waals surface area contributed by atoms with Crippen LogP contribution in [0, 0.1) is 11.6 Å². The van der Waals surface area contributed by atoms with Gasteiger partial charge >= 0.3 is 0 Å². The van der Waals surface area contributed by atoms with Gasteiger partial charge in [0.25, 0.3) is 11.5 Å². The number of benzene rings is 3. The Morgan fingerprint density at radius 3 is 2.00 bits per heavy atom. The molecule has 1 N–H and O–H groups in total. The highest BCUT2D eigenvalue weighted by Gasteiger charge is 2.26. The molecular formula is C25H19F2N3O2. The normalized spacial score (nSPS) is 10.7. The molecule has 0 atom stereocenters. The number of para-hydroxylation sites is 1. The molecule has 0 radical (unpaired) electrons. The summed E-state index contributed by atoms with van der Waals surface area (Å²) in [6.07, 6.45) is 0. The molecule has 1 aromatic heterocycles. The van der Waals surface area contributed by atoms with Crippen LogP contribution in [0.1, 0.15) is 17.3 Å². The number of nitrogens with one attached hydrogen (secondary N) is 1. The summed E-state index contributed by atoms with van der Waals surface area (Å²) in [5, 5.41) is 6.74. The zero-order valence-corrected chi connectivity index (χ0v) is 17.2. The molecule has 4 rings (SSSR count). The topological polar surface area (TPSA) is 64.0 Å². The Balaban J connectivity index is 2.00. The molecule has 3 aromatic carbocycles. The molecule has 5 nitrogen and oxygen atoms in total. The largest absolute Gasteiger partial charge is 0.317 e. The zero-order valence-electron chi connectivity index (χ0n) is 17.2. The molecule has 0 bridgehead atoms. The monoisotopic (exact) mass is 431 g/mol. The van der Waals surface area contributed by atoms with Gasteiger partial charge in [0.15, 0.2) is 0 Å². The van der Waals surface area contributed by atoms with Gasteiger partial charge in [-0.1, -0.05) is 66.7 Å². The van der Waals surface area contributed by atoms with E-state index < -0.39 is 28.8 Å². The predicted molar refractivity (Wildman–Crippen MR) is 119 cm³/mol. The van der Waals surface area contributed by atoms with Crippen molar-refractivity contribution in [1.82, 2.24) is 9.78 Å². The van der Waals surface area contributed by atoms with Crippen LogP contribution in [0.15, 0.2) is 83.7 Å². The van der Waals surface area contributed by atoms with Gasteiger partial charge in [0, 0.05) is 17.7 Å². The smallest absolute Gasteiger partial charge is 0.280 e. The summed E-state index contributed by atoms with van der Waals surface area (Å²) in [7, 11) is 0. The highest BCUT2D eigenvalue weighted by molar-refractivity contribution is 6.10. The lowest BCUT2D eigenvalue weighted by atomic mass is 9.95. The first kappa shape index (κ1) is 21.1. The Bertz CT molecular complexity index is 1320. The van der Waals surface area contributed by atoms with Crippen LogP contribution in [0.5, 0.6) is 0 Å². The Labute approximate surface area is 183 Å². The van der Waals surface area contributed by atoms with Crippen molar-refractivity contribution in [1.29, 1.82) is 0 Å². The molecule has 0 fully saturated rings. The first-order chi connectivity index (χ1) is 15.5. The number of carbonyl (C=O) groups excluding carboxylic acids is 1. The molecule has 0 saturated heterocycles. The van der Waals surface area contributed by atoms with E-state index in [0.29, 0.717) is 22.4 Å². The SMILES string of the molecule is CCn1nc(-c2ccccc2)c(-c2ccccc2)c(C(=O)Nc2c(F)cccc2F)c1=O. The lowest BCUT2D eigenvalue weighted by Gasteiger charge is -2.17. The Morgan fingerprint density at radius 1 is 0.875 bits per heavy atom.